The molecule has 0 aromatic rings. The van der Waals surface area contributed by atoms with Crippen molar-refractivity contribution in [3.05, 3.63) is 0 Å². The first-order chi connectivity index (χ1) is 8.34. The van der Waals surface area contributed by atoms with Gasteiger partial charge in [-0.15, -0.1) is 0 Å². The van der Waals surface area contributed by atoms with Crippen LogP contribution in [0.5, 0.6) is 0 Å². The van der Waals surface area contributed by atoms with Crippen LogP contribution in [0.25, 0.3) is 0 Å². The van der Waals surface area contributed by atoms with Gasteiger partial charge >= 0.3 is 0 Å². The van der Waals surface area contributed by atoms with Crippen LogP contribution in [0.4, 0.5) is 0 Å². The zero-order valence-corrected chi connectivity index (χ0v) is 11.7. The van der Waals surface area contributed by atoms with Crippen molar-refractivity contribution in [2.45, 2.75) is 69.9 Å². The van der Waals surface area contributed by atoms with Crippen LogP contribution in [0.1, 0.15) is 58.8 Å². The second-order valence-electron chi connectivity index (χ2n) is 7.91. The Morgan fingerprint density at radius 2 is 1.61 bits per heavy atom. The molecule has 4 aliphatic rings. The minimum absolute atomic E-state index is 0.136. The van der Waals surface area contributed by atoms with Crippen LogP contribution < -0.4 is 11.1 Å². The summed E-state index contributed by atoms with van der Waals surface area (Å²) in [5.74, 6) is 2.79. The highest BCUT2D eigenvalue weighted by Gasteiger charge is 2.51. The predicted molar refractivity (Wildman–Crippen MR) is 71.9 cm³/mol. The quantitative estimate of drug-likeness (QED) is 0.807. The van der Waals surface area contributed by atoms with Crippen molar-refractivity contribution in [1.82, 2.24) is 5.32 Å². The molecule has 0 heterocycles. The van der Waals surface area contributed by atoms with Gasteiger partial charge in [0.25, 0.3) is 0 Å². The molecule has 0 unspecified atom stereocenters. The van der Waals surface area contributed by atoms with Crippen molar-refractivity contribution in [3.8, 4) is 0 Å². The van der Waals surface area contributed by atoms with Crippen molar-refractivity contribution < 1.29 is 4.79 Å². The second kappa shape index (κ2) is 3.96. The lowest BCUT2D eigenvalue weighted by atomic mass is 9.53. The van der Waals surface area contributed by atoms with Gasteiger partial charge < -0.3 is 11.1 Å². The van der Waals surface area contributed by atoms with E-state index in [1.807, 2.05) is 13.8 Å². The predicted octanol–water partition coefficient (Wildman–Crippen LogP) is 2.20. The molecule has 3 heteroatoms. The molecule has 0 spiro atoms. The smallest absolute Gasteiger partial charge is 0.222 e. The van der Waals surface area contributed by atoms with Gasteiger partial charge in [0.2, 0.25) is 5.91 Å². The molecule has 0 atom stereocenters. The number of nitrogens with one attached hydrogen (secondary N) is 1. The largest absolute Gasteiger partial charge is 0.351 e. The van der Waals surface area contributed by atoms with Crippen molar-refractivity contribution in [2.24, 2.45) is 23.5 Å². The molecule has 0 aliphatic heterocycles. The van der Waals surface area contributed by atoms with Gasteiger partial charge in [0.1, 0.15) is 0 Å². The summed E-state index contributed by atoms with van der Waals surface area (Å²) in [6.45, 7) is 3.85. The van der Waals surface area contributed by atoms with Crippen molar-refractivity contribution >= 4 is 5.91 Å². The minimum atomic E-state index is -0.396. The Balaban J connectivity index is 1.67. The minimum Gasteiger partial charge on any atom is -0.351 e. The Bertz CT molecular complexity index is 321. The summed E-state index contributed by atoms with van der Waals surface area (Å²) in [4.78, 5) is 12.2. The van der Waals surface area contributed by atoms with Crippen LogP contribution in [0.15, 0.2) is 0 Å². The summed E-state index contributed by atoms with van der Waals surface area (Å²) in [6, 6.07) is 0. The van der Waals surface area contributed by atoms with Crippen molar-refractivity contribution in [2.75, 3.05) is 0 Å². The highest BCUT2D eigenvalue weighted by Crippen LogP contribution is 2.55. The summed E-state index contributed by atoms with van der Waals surface area (Å²) >= 11 is 0. The normalized spacial score (nSPS) is 42.1. The van der Waals surface area contributed by atoms with Gasteiger partial charge in [-0.05, 0) is 70.1 Å². The molecule has 1 amide bonds. The maximum Gasteiger partial charge on any atom is 0.222 e. The molecular formula is C15H26N2O. The summed E-state index contributed by atoms with van der Waals surface area (Å²) in [5, 5.41) is 3.36. The summed E-state index contributed by atoms with van der Waals surface area (Å²) in [6.07, 6.45) is 8.34. The van der Waals surface area contributed by atoms with Gasteiger partial charge in [0.15, 0.2) is 0 Å². The van der Waals surface area contributed by atoms with Crippen LogP contribution in [0, 0.1) is 17.8 Å². The van der Waals surface area contributed by atoms with E-state index in [4.69, 9.17) is 5.73 Å². The fourth-order valence-corrected chi connectivity index (χ4v) is 5.02. The fraction of sp³-hybridized carbons (Fsp3) is 0.933. The van der Waals surface area contributed by atoms with Crippen LogP contribution in [-0.2, 0) is 4.79 Å². The summed E-state index contributed by atoms with van der Waals surface area (Å²) in [7, 11) is 0. The molecular weight excluding hydrogens is 224 g/mol. The number of hydrogen-bond donors (Lipinski definition) is 2. The number of hydrogen-bond acceptors (Lipinski definition) is 2. The molecule has 0 saturated heterocycles. The van der Waals surface area contributed by atoms with Crippen molar-refractivity contribution in [3.63, 3.8) is 0 Å². The average Bonchev–Trinajstić information content (AvgIpc) is 2.09. The van der Waals surface area contributed by atoms with E-state index in [2.05, 4.69) is 5.32 Å². The number of nitrogens with two attached hydrogens (primary N) is 1. The molecule has 4 bridgehead atoms. The van der Waals surface area contributed by atoms with E-state index in [1.165, 1.54) is 38.5 Å². The lowest BCUT2D eigenvalue weighted by Crippen LogP contribution is -2.60. The van der Waals surface area contributed by atoms with Gasteiger partial charge in [-0.25, -0.2) is 0 Å². The topological polar surface area (TPSA) is 55.1 Å². The first-order valence-corrected chi connectivity index (χ1v) is 7.43. The number of rotatable bonds is 3. The van der Waals surface area contributed by atoms with Gasteiger partial charge in [0, 0.05) is 17.5 Å². The SMILES string of the molecule is CC(C)(N)CC(=O)NC12CC3CC(CC(C3)C1)C2. The molecule has 3 nitrogen and oxygen atoms in total. The standard InChI is InChI=1S/C15H26N2O/c1-14(2,16)9-13(18)17-15-6-10-3-11(7-15)5-12(4-10)8-15/h10-12H,3-9,16H2,1-2H3,(H,17,18). The second-order valence-corrected chi connectivity index (χ2v) is 7.91. The lowest BCUT2D eigenvalue weighted by molar-refractivity contribution is -0.127. The Morgan fingerprint density at radius 1 is 1.17 bits per heavy atom. The lowest BCUT2D eigenvalue weighted by Gasteiger charge is -2.57. The van der Waals surface area contributed by atoms with E-state index < -0.39 is 5.54 Å². The van der Waals surface area contributed by atoms with E-state index in [-0.39, 0.29) is 11.4 Å². The zero-order valence-electron chi connectivity index (χ0n) is 11.7. The maximum absolute atomic E-state index is 12.2. The van der Waals surface area contributed by atoms with Crippen LogP contribution in [-0.4, -0.2) is 17.0 Å². The van der Waals surface area contributed by atoms with Gasteiger partial charge in [-0.1, -0.05) is 0 Å². The van der Waals surface area contributed by atoms with Crippen LogP contribution >= 0.6 is 0 Å². The molecule has 4 aliphatic carbocycles. The number of carbonyl (C=O) groups excluding carboxylic acids is 1. The Kier molecular flexibility index (Phi) is 2.74. The molecule has 102 valence electrons. The molecule has 3 N–H and O–H groups in total. The zero-order chi connectivity index (χ0) is 13.0. The van der Waals surface area contributed by atoms with Crippen LogP contribution in [0.3, 0.4) is 0 Å². The summed E-state index contributed by atoms with van der Waals surface area (Å²) < 4.78 is 0. The van der Waals surface area contributed by atoms with E-state index in [0.29, 0.717) is 6.42 Å². The monoisotopic (exact) mass is 250 g/mol. The Morgan fingerprint density at radius 3 is 2.00 bits per heavy atom. The first kappa shape index (κ1) is 12.5. The molecule has 0 aromatic carbocycles. The average molecular weight is 250 g/mol. The first-order valence-electron chi connectivity index (χ1n) is 7.43. The van der Waals surface area contributed by atoms with Gasteiger partial charge in [-0.3, -0.25) is 4.79 Å². The molecule has 4 saturated carbocycles. The van der Waals surface area contributed by atoms with E-state index in [0.717, 1.165) is 17.8 Å². The molecule has 4 fully saturated rings. The number of amides is 1. The van der Waals surface area contributed by atoms with Crippen LogP contribution in [0.2, 0.25) is 0 Å². The molecule has 0 radical (unpaired) electrons. The van der Waals surface area contributed by atoms with Gasteiger partial charge in [0.05, 0.1) is 0 Å². The van der Waals surface area contributed by atoms with E-state index in [9.17, 15) is 4.79 Å². The fourth-order valence-electron chi connectivity index (χ4n) is 5.02. The third-order valence-corrected chi connectivity index (χ3v) is 5.06. The molecule has 4 rings (SSSR count). The number of carbonyl (C=O) groups is 1. The summed E-state index contributed by atoms with van der Waals surface area (Å²) in [5.41, 5.74) is 5.68. The Hall–Kier alpha value is -0.570. The van der Waals surface area contributed by atoms with E-state index >= 15 is 0 Å². The third kappa shape index (κ3) is 2.42. The van der Waals surface area contributed by atoms with E-state index in [1.54, 1.807) is 0 Å². The maximum atomic E-state index is 12.2. The third-order valence-electron chi connectivity index (χ3n) is 5.06. The highest BCUT2D eigenvalue weighted by atomic mass is 16.1. The Labute approximate surface area is 110 Å². The van der Waals surface area contributed by atoms with Crippen molar-refractivity contribution in [1.29, 1.82) is 0 Å². The highest BCUT2D eigenvalue weighted by molar-refractivity contribution is 5.78. The van der Waals surface area contributed by atoms with Gasteiger partial charge in [-0.2, -0.15) is 0 Å². The molecule has 18 heavy (non-hydrogen) atoms. The molecule has 0 aromatic heterocycles.